The van der Waals surface area contributed by atoms with Crippen molar-refractivity contribution in [1.29, 1.82) is 0 Å². The minimum absolute atomic E-state index is 0.0852. The molecule has 0 aromatic heterocycles. The highest BCUT2D eigenvalue weighted by atomic mass is 32.1. The number of hydrogen-bond donors (Lipinski definition) is 1. The number of carbonyl (C=O) groups is 1. The lowest BCUT2D eigenvalue weighted by atomic mass is 9.99. The predicted octanol–water partition coefficient (Wildman–Crippen LogP) is 2.61. The van der Waals surface area contributed by atoms with Crippen LogP contribution in [-0.2, 0) is 4.74 Å². The molecule has 0 bridgehead atoms. The fraction of sp³-hybridized carbons (Fsp3) is 0.500. The molecule has 104 valence electrons. The van der Waals surface area contributed by atoms with E-state index in [9.17, 15) is 9.18 Å². The zero-order valence-corrected chi connectivity index (χ0v) is 11.8. The molecule has 2 rings (SSSR count). The van der Waals surface area contributed by atoms with Crippen LogP contribution < -0.4 is 0 Å². The second kappa shape index (κ2) is 6.39. The second-order valence-electron chi connectivity index (χ2n) is 4.91. The van der Waals surface area contributed by atoms with Gasteiger partial charge in [0.25, 0.3) is 5.91 Å². The molecule has 5 heteroatoms. The average Bonchev–Trinajstić information content (AvgIpc) is 2.42. The van der Waals surface area contributed by atoms with Crippen LogP contribution in [0.3, 0.4) is 0 Å². The number of nitrogens with zero attached hydrogens (tertiary/aromatic N) is 1. The van der Waals surface area contributed by atoms with E-state index in [-0.39, 0.29) is 11.5 Å². The summed E-state index contributed by atoms with van der Waals surface area (Å²) in [6.07, 6.45) is 1.90. The van der Waals surface area contributed by atoms with Gasteiger partial charge in [-0.05, 0) is 37.0 Å². The summed E-state index contributed by atoms with van der Waals surface area (Å²) in [5.41, 5.74) is 0.0852. The van der Waals surface area contributed by atoms with E-state index in [1.54, 1.807) is 11.9 Å². The smallest absolute Gasteiger partial charge is 0.256 e. The number of benzene rings is 1. The van der Waals surface area contributed by atoms with Crippen LogP contribution >= 0.6 is 12.6 Å². The van der Waals surface area contributed by atoms with Crippen molar-refractivity contribution in [3.8, 4) is 0 Å². The zero-order valence-electron chi connectivity index (χ0n) is 10.9. The molecule has 19 heavy (non-hydrogen) atoms. The Hall–Kier alpha value is -1.07. The van der Waals surface area contributed by atoms with Gasteiger partial charge in [0.15, 0.2) is 0 Å². The van der Waals surface area contributed by atoms with Crippen LogP contribution in [0.15, 0.2) is 23.1 Å². The number of rotatable bonds is 3. The van der Waals surface area contributed by atoms with Gasteiger partial charge in [-0.25, -0.2) is 4.39 Å². The minimum atomic E-state index is -0.498. The molecule has 1 aliphatic heterocycles. The van der Waals surface area contributed by atoms with E-state index in [4.69, 9.17) is 4.74 Å². The molecule has 0 N–H and O–H groups in total. The Morgan fingerprint density at radius 2 is 2.16 bits per heavy atom. The Kier molecular flexibility index (Phi) is 4.82. The topological polar surface area (TPSA) is 29.5 Å². The first-order chi connectivity index (χ1) is 9.08. The zero-order chi connectivity index (χ0) is 13.8. The number of halogens is 1. The summed E-state index contributed by atoms with van der Waals surface area (Å²) in [6, 6.07) is 4.28. The number of amides is 1. The van der Waals surface area contributed by atoms with E-state index in [1.165, 1.54) is 18.2 Å². The van der Waals surface area contributed by atoms with Gasteiger partial charge in [0.2, 0.25) is 0 Å². The summed E-state index contributed by atoms with van der Waals surface area (Å²) < 4.78 is 18.9. The van der Waals surface area contributed by atoms with E-state index in [2.05, 4.69) is 12.6 Å². The summed E-state index contributed by atoms with van der Waals surface area (Å²) in [6.45, 7) is 2.12. The van der Waals surface area contributed by atoms with Crippen LogP contribution in [0.2, 0.25) is 0 Å². The van der Waals surface area contributed by atoms with Crippen molar-refractivity contribution in [2.45, 2.75) is 17.7 Å². The van der Waals surface area contributed by atoms with E-state index in [1.807, 2.05) is 0 Å². The maximum Gasteiger partial charge on any atom is 0.256 e. The van der Waals surface area contributed by atoms with Crippen molar-refractivity contribution in [3.05, 3.63) is 29.6 Å². The molecule has 1 fully saturated rings. The molecule has 1 heterocycles. The van der Waals surface area contributed by atoms with Crippen molar-refractivity contribution in [2.75, 3.05) is 26.8 Å². The SMILES string of the molecule is CN(CC1CCOCC1)C(=O)c1cc(S)ccc1F. The van der Waals surface area contributed by atoms with Gasteiger partial charge in [0, 0.05) is 31.7 Å². The number of carbonyl (C=O) groups excluding carboxylic acids is 1. The van der Waals surface area contributed by atoms with Gasteiger partial charge in [0.1, 0.15) is 5.82 Å². The largest absolute Gasteiger partial charge is 0.381 e. The van der Waals surface area contributed by atoms with Gasteiger partial charge >= 0.3 is 0 Å². The Labute approximate surface area is 118 Å². The molecule has 1 saturated heterocycles. The second-order valence-corrected chi connectivity index (χ2v) is 5.42. The normalized spacial score (nSPS) is 16.4. The maximum absolute atomic E-state index is 13.7. The first-order valence-electron chi connectivity index (χ1n) is 6.39. The number of thiol groups is 1. The maximum atomic E-state index is 13.7. The standard InChI is InChI=1S/C14H18FNO2S/c1-16(9-10-4-6-18-7-5-10)14(17)12-8-11(19)2-3-13(12)15/h2-3,8,10,19H,4-7,9H2,1H3. The molecule has 0 aliphatic carbocycles. The first kappa shape index (κ1) is 14.3. The molecule has 0 spiro atoms. The van der Waals surface area contributed by atoms with Crippen LogP contribution in [0.5, 0.6) is 0 Å². The molecule has 0 saturated carbocycles. The van der Waals surface area contributed by atoms with Gasteiger partial charge in [-0.15, -0.1) is 12.6 Å². The Balaban J connectivity index is 2.03. The third-order valence-electron chi connectivity index (χ3n) is 3.40. The van der Waals surface area contributed by atoms with Gasteiger partial charge < -0.3 is 9.64 Å². The third kappa shape index (κ3) is 3.70. The summed E-state index contributed by atoms with van der Waals surface area (Å²) in [5, 5.41) is 0. The first-order valence-corrected chi connectivity index (χ1v) is 6.84. The highest BCUT2D eigenvalue weighted by Gasteiger charge is 2.21. The average molecular weight is 283 g/mol. The number of ether oxygens (including phenoxy) is 1. The van der Waals surface area contributed by atoms with E-state index in [0.29, 0.717) is 17.4 Å². The molecule has 1 amide bonds. The van der Waals surface area contributed by atoms with Crippen molar-refractivity contribution in [2.24, 2.45) is 5.92 Å². The molecular formula is C14H18FNO2S. The summed E-state index contributed by atoms with van der Waals surface area (Å²) >= 11 is 4.14. The Morgan fingerprint density at radius 3 is 2.84 bits per heavy atom. The molecule has 0 radical (unpaired) electrons. The number of hydrogen-bond acceptors (Lipinski definition) is 3. The molecule has 1 aromatic carbocycles. The Morgan fingerprint density at radius 1 is 1.47 bits per heavy atom. The highest BCUT2D eigenvalue weighted by Crippen LogP contribution is 2.19. The van der Waals surface area contributed by atoms with Crippen molar-refractivity contribution in [1.82, 2.24) is 4.90 Å². The molecular weight excluding hydrogens is 265 g/mol. The van der Waals surface area contributed by atoms with E-state index in [0.717, 1.165) is 26.1 Å². The van der Waals surface area contributed by atoms with Gasteiger partial charge in [-0.2, -0.15) is 0 Å². The summed E-state index contributed by atoms with van der Waals surface area (Å²) in [5.74, 6) is -0.355. The molecule has 0 atom stereocenters. The molecule has 1 aliphatic rings. The lowest BCUT2D eigenvalue weighted by Gasteiger charge is -2.27. The van der Waals surface area contributed by atoms with Crippen LogP contribution in [0.25, 0.3) is 0 Å². The molecule has 3 nitrogen and oxygen atoms in total. The van der Waals surface area contributed by atoms with E-state index < -0.39 is 5.82 Å². The Bertz CT molecular complexity index is 461. The summed E-state index contributed by atoms with van der Waals surface area (Å²) in [4.78, 5) is 14.4. The molecule has 0 unspecified atom stereocenters. The van der Waals surface area contributed by atoms with Crippen molar-refractivity contribution >= 4 is 18.5 Å². The minimum Gasteiger partial charge on any atom is -0.381 e. The fourth-order valence-electron chi connectivity index (χ4n) is 2.28. The predicted molar refractivity (Wildman–Crippen MR) is 74.2 cm³/mol. The van der Waals surface area contributed by atoms with Crippen molar-refractivity contribution < 1.29 is 13.9 Å². The van der Waals surface area contributed by atoms with Gasteiger partial charge in [0.05, 0.1) is 5.56 Å². The lowest BCUT2D eigenvalue weighted by Crippen LogP contribution is -2.34. The fourth-order valence-corrected chi connectivity index (χ4v) is 2.49. The van der Waals surface area contributed by atoms with Crippen LogP contribution in [0.1, 0.15) is 23.2 Å². The van der Waals surface area contributed by atoms with E-state index >= 15 is 0 Å². The van der Waals surface area contributed by atoms with Gasteiger partial charge in [-0.1, -0.05) is 0 Å². The highest BCUT2D eigenvalue weighted by molar-refractivity contribution is 7.80. The monoisotopic (exact) mass is 283 g/mol. The van der Waals surface area contributed by atoms with Crippen LogP contribution in [0.4, 0.5) is 4.39 Å². The van der Waals surface area contributed by atoms with Crippen LogP contribution in [0, 0.1) is 11.7 Å². The molecule has 1 aromatic rings. The van der Waals surface area contributed by atoms with Crippen molar-refractivity contribution in [3.63, 3.8) is 0 Å². The van der Waals surface area contributed by atoms with Gasteiger partial charge in [-0.3, -0.25) is 4.79 Å². The lowest BCUT2D eigenvalue weighted by molar-refractivity contribution is 0.0495. The van der Waals surface area contributed by atoms with Crippen LogP contribution in [-0.4, -0.2) is 37.6 Å². The third-order valence-corrected chi connectivity index (χ3v) is 3.68. The summed E-state index contributed by atoms with van der Waals surface area (Å²) in [7, 11) is 1.71. The quantitative estimate of drug-likeness (QED) is 0.864.